The summed E-state index contributed by atoms with van der Waals surface area (Å²) >= 11 is 6.19. The number of sulfonamides is 1. The van der Waals surface area contributed by atoms with Crippen LogP contribution in [0.25, 0.3) is 0 Å². The summed E-state index contributed by atoms with van der Waals surface area (Å²) in [4.78, 5) is 0.0845. The van der Waals surface area contributed by atoms with E-state index in [2.05, 4.69) is 0 Å². The van der Waals surface area contributed by atoms with Gasteiger partial charge in [0.2, 0.25) is 10.0 Å². The van der Waals surface area contributed by atoms with E-state index in [0.717, 1.165) is 5.56 Å². The third kappa shape index (κ3) is 3.32. The minimum absolute atomic E-state index is 0.0845. The first-order valence-electron chi connectivity index (χ1n) is 7.52. The smallest absolute Gasteiger partial charge is 0.243 e. The van der Waals surface area contributed by atoms with Crippen molar-refractivity contribution in [2.75, 3.05) is 19.7 Å². The molecule has 0 aliphatic carbocycles. The van der Waals surface area contributed by atoms with Crippen LogP contribution in [0.4, 0.5) is 4.39 Å². The van der Waals surface area contributed by atoms with Crippen LogP contribution < -0.4 is 0 Å². The van der Waals surface area contributed by atoms with E-state index in [4.69, 9.17) is 16.3 Å². The number of morpholine rings is 1. The molecule has 24 heavy (non-hydrogen) atoms. The Morgan fingerprint density at radius 2 is 2.00 bits per heavy atom. The molecule has 0 spiro atoms. The van der Waals surface area contributed by atoms with Crippen molar-refractivity contribution >= 4 is 21.6 Å². The first kappa shape index (κ1) is 17.4. The maximum Gasteiger partial charge on any atom is 0.243 e. The van der Waals surface area contributed by atoms with Crippen LogP contribution in [0.2, 0.25) is 5.02 Å². The highest BCUT2D eigenvalue weighted by Gasteiger charge is 2.32. The maximum atomic E-state index is 13.4. The molecule has 1 atom stereocenters. The lowest BCUT2D eigenvalue weighted by Gasteiger charge is -2.32. The Bertz CT molecular complexity index is 857. The zero-order valence-corrected chi connectivity index (χ0v) is 14.6. The molecule has 1 unspecified atom stereocenters. The van der Waals surface area contributed by atoms with Gasteiger partial charge in [-0.05, 0) is 36.8 Å². The Morgan fingerprint density at radius 1 is 1.25 bits per heavy atom. The number of rotatable bonds is 3. The summed E-state index contributed by atoms with van der Waals surface area (Å²) in [5.41, 5.74) is 1.06. The summed E-state index contributed by atoms with van der Waals surface area (Å²) in [5.74, 6) is -0.426. The van der Waals surface area contributed by atoms with Gasteiger partial charge in [-0.3, -0.25) is 0 Å². The van der Waals surface area contributed by atoms with Crippen molar-refractivity contribution in [2.24, 2.45) is 0 Å². The molecule has 0 amide bonds. The van der Waals surface area contributed by atoms with Crippen molar-refractivity contribution in [2.45, 2.75) is 17.9 Å². The van der Waals surface area contributed by atoms with Gasteiger partial charge in [0.15, 0.2) is 0 Å². The predicted octanol–water partition coefficient (Wildman–Crippen LogP) is 3.55. The van der Waals surface area contributed by atoms with Crippen LogP contribution in [0.3, 0.4) is 0 Å². The molecule has 0 radical (unpaired) electrons. The highest BCUT2D eigenvalue weighted by atomic mass is 35.5. The van der Waals surface area contributed by atoms with E-state index in [1.54, 1.807) is 13.0 Å². The van der Waals surface area contributed by atoms with Gasteiger partial charge < -0.3 is 4.74 Å². The second-order valence-corrected chi connectivity index (χ2v) is 8.00. The second-order valence-electron chi connectivity index (χ2n) is 5.65. The molecule has 7 heteroatoms. The fourth-order valence-electron chi connectivity index (χ4n) is 2.70. The van der Waals surface area contributed by atoms with Gasteiger partial charge >= 0.3 is 0 Å². The minimum Gasteiger partial charge on any atom is -0.371 e. The minimum atomic E-state index is -3.71. The summed E-state index contributed by atoms with van der Waals surface area (Å²) in [7, 11) is -3.71. The zero-order chi connectivity index (χ0) is 17.3. The van der Waals surface area contributed by atoms with E-state index in [9.17, 15) is 12.8 Å². The van der Waals surface area contributed by atoms with Gasteiger partial charge in [0.05, 0.1) is 17.6 Å². The number of hydrogen-bond acceptors (Lipinski definition) is 3. The molecule has 0 aromatic heterocycles. The van der Waals surface area contributed by atoms with Gasteiger partial charge in [-0.25, -0.2) is 12.8 Å². The fourth-order valence-corrected chi connectivity index (χ4v) is 4.46. The van der Waals surface area contributed by atoms with Gasteiger partial charge in [0, 0.05) is 23.7 Å². The van der Waals surface area contributed by atoms with Crippen LogP contribution >= 0.6 is 11.6 Å². The van der Waals surface area contributed by atoms with Gasteiger partial charge in [-0.2, -0.15) is 4.31 Å². The van der Waals surface area contributed by atoms with E-state index in [-0.39, 0.29) is 24.6 Å². The molecular formula is C17H17ClFNO3S. The molecule has 128 valence electrons. The Balaban J connectivity index is 1.88. The average Bonchev–Trinajstić information content (AvgIpc) is 2.58. The van der Waals surface area contributed by atoms with Crippen LogP contribution in [-0.4, -0.2) is 32.4 Å². The summed E-state index contributed by atoms with van der Waals surface area (Å²) in [6.45, 7) is 2.23. The van der Waals surface area contributed by atoms with Crippen molar-refractivity contribution in [3.8, 4) is 0 Å². The van der Waals surface area contributed by atoms with E-state index < -0.39 is 21.9 Å². The van der Waals surface area contributed by atoms with Crippen LogP contribution in [0, 0.1) is 12.7 Å². The molecule has 2 aromatic carbocycles. The van der Waals surface area contributed by atoms with Crippen LogP contribution in [0.1, 0.15) is 17.2 Å². The van der Waals surface area contributed by atoms with Crippen molar-refractivity contribution in [1.82, 2.24) is 4.31 Å². The molecule has 1 fully saturated rings. The molecule has 0 N–H and O–H groups in total. The first-order chi connectivity index (χ1) is 11.4. The lowest BCUT2D eigenvalue weighted by molar-refractivity contribution is -0.00250. The van der Waals surface area contributed by atoms with Crippen molar-refractivity contribution in [1.29, 1.82) is 0 Å². The van der Waals surface area contributed by atoms with Crippen LogP contribution in [0.15, 0.2) is 47.4 Å². The van der Waals surface area contributed by atoms with E-state index in [1.807, 2.05) is 18.2 Å². The maximum absolute atomic E-state index is 13.4. The molecular weight excluding hydrogens is 353 g/mol. The Kier molecular flexibility index (Phi) is 4.92. The average molecular weight is 370 g/mol. The largest absolute Gasteiger partial charge is 0.371 e. The van der Waals surface area contributed by atoms with Gasteiger partial charge in [0.1, 0.15) is 5.82 Å². The summed E-state index contributed by atoms with van der Waals surface area (Å²) in [6, 6.07) is 11.0. The molecule has 1 heterocycles. The number of benzene rings is 2. The van der Waals surface area contributed by atoms with Crippen LogP contribution in [-0.2, 0) is 14.8 Å². The highest BCUT2D eigenvalue weighted by molar-refractivity contribution is 7.89. The molecule has 3 rings (SSSR count). The third-order valence-corrected chi connectivity index (χ3v) is 6.25. The molecule has 1 aliphatic rings. The third-order valence-electron chi connectivity index (χ3n) is 4.05. The van der Waals surface area contributed by atoms with Crippen molar-refractivity contribution in [3.63, 3.8) is 0 Å². The molecule has 0 bridgehead atoms. The Morgan fingerprint density at radius 3 is 2.71 bits per heavy atom. The topological polar surface area (TPSA) is 46.6 Å². The first-order valence-corrected chi connectivity index (χ1v) is 9.34. The molecule has 0 saturated carbocycles. The number of hydrogen-bond donors (Lipinski definition) is 0. The molecule has 1 aliphatic heterocycles. The summed E-state index contributed by atoms with van der Waals surface area (Å²) in [5, 5.41) is 0.541. The lowest BCUT2D eigenvalue weighted by Crippen LogP contribution is -2.42. The lowest BCUT2D eigenvalue weighted by atomic mass is 10.1. The van der Waals surface area contributed by atoms with Crippen LogP contribution in [0.5, 0.6) is 0 Å². The monoisotopic (exact) mass is 369 g/mol. The Labute approximate surface area is 145 Å². The molecule has 2 aromatic rings. The fraction of sp³-hybridized carbons (Fsp3) is 0.294. The zero-order valence-electron chi connectivity index (χ0n) is 13.1. The van der Waals surface area contributed by atoms with Crippen molar-refractivity contribution < 1.29 is 17.5 Å². The van der Waals surface area contributed by atoms with Gasteiger partial charge in [-0.1, -0.05) is 29.8 Å². The SMILES string of the molecule is Cc1cc(S(=O)(=O)N2CCOC(c3ccccc3Cl)C2)ccc1F. The number of ether oxygens (including phenoxy) is 1. The predicted molar refractivity (Wildman–Crippen MR) is 90.0 cm³/mol. The van der Waals surface area contributed by atoms with E-state index in [1.165, 1.54) is 22.5 Å². The number of halogens is 2. The number of aryl methyl sites for hydroxylation is 1. The summed E-state index contributed by atoms with van der Waals surface area (Å²) < 4.78 is 46.1. The van der Waals surface area contributed by atoms with Gasteiger partial charge in [0.25, 0.3) is 0 Å². The second kappa shape index (κ2) is 6.80. The summed E-state index contributed by atoms with van der Waals surface area (Å²) in [6.07, 6.45) is -0.427. The normalized spacial score (nSPS) is 19.4. The standard InChI is InChI=1S/C17H17ClFNO3S/c1-12-10-13(6-7-16(12)19)24(21,22)20-8-9-23-17(11-20)14-4-2-3-5-15(14)18/h2-7,10,17H,8-9,11H2,1H3. The Hall–Kier alpha value is -1.47. The molecule has 1 saturated heterocycles. The highest BCUT2D eigenvalue weighted by Crippen LogP contribution is 2.30. The van der Waals surface area contributed by atoms with E-state index >= 15 is 0 Å². The van der Waals surface area contributed by atoms with Gasteiger partial charge in [-0.15, -0.1) is 0 Å². The molecule has 4 nitrogen and oxygen atoms in total. The van der Waals surface area contributed by atoms with E-state index in [0.29, 0.717) is 10.6 Å². The van der Waals surface area contributed by atoms with Crippen molar-refractivity contribution in [3.05, 3.63) is 64.4 Å². The quantitative estimate of drug-likeness (QED) is 0.831. The number of nitrogens with zero attached hydrogens (tertiary/aromatic N) is 1.